The van der Waals surface area contributed by atoms with E-state index in [1.54, 1.807) is 4.68 Å². The first kappa shape index (κ1) is 27.1. The normalized spacial score (nSPS) is 11.7. The minimum atomic E-state index is 0.630. The number of benzene rings is 3. The van der Waals surface area contributed by atoms with E-state index in [0.29, 0.717) is 6.54 Å². The third-order valence-corrected chi connectivity index (χ3v) is 6.26. The molecule has 0 spiro atoms. The van der Waals surface area contributed by atoms with Crippen LogP contribution in [-0.2, 0) is 6.54 Å². The number of para-hydroxylation sites is 1. The van der Waals surface area contributed by atoms with Gasteiger partial charge in [-0.2, -0.15) is 5.43 Å². The summed E-state index contributed by atoms with van der Waals surface area (Å²) in [6.45, 7) is 17.2. The average molecular weight is 493 g/mol. The zero-order valence-corrected chi connectivity index (χ0v) is 22.4. The van der Waals surface area contributed by atoms with Crippen LogP contribution in [-0.4, -0.2) is 30.4 Å². The van der Waals surface area contributed by atoms with E-state index in [4.69, 9.17) is 0 Å². The summed E-state index contributed by atoms with van der Waals surface area (Å²) in [5.74, 6) is 0.932. The number of rotatable bonds is 12. The van der Waals surface area contributed by atoms with E-state index in [0.717, 1.165) is 45.3 Å². The van der Waals surface area contributed by atoms with Gasteiger partial charge in [0, 0.05) is 38.5 Å². The number of likely N-dealkylation sites (N-methyl/N-ethyl adjacent to an activating group) is 1. The number of nitrogens with zero attached hydrogens (tertiary/aromatic N) is 2. The third kappa shape index (κ3) is 7.24. The molecule has 5 heteroatoms. The van der Waals surface area contributed by atoms with E-state index in [-0.39, 0.29) is 0 Å². The summed E-state index contributed by atoms with van der Waals surface area (Å²) in [6, 6.07) is 26.6. The van der Waals surface area contributed by atoms with Gasteiger partial charge in [-0.25, -0.2) is 0 Å². The number of nitrogens with one attached hydrogen (secondary N) is 3. The number of hydrogen-bond donors (Lipinski definition) is 3. The third-order valence-electron chi connectivity index (χ3n) is 6.26. The standard InChI is InChI=1S/C32H38N5/c1-8-31(33-5)26(4)36(6)32(21-25(3)30-20-13-12-15-24(30)2)34-23-27-16-14-17-28(22-27)35-37(7)29-18-10-9-11-19-29/h8-22,33-35H,1,3,7,23H2,2,4-6H3/q+1/b31-26+,32-21-. The summed E-state index contributed by atoms with van der Waals surface area (Å²) in [6.07, 6.45) is 3.92. The fourth-order valence-electron chi connectivity index (χ4n) is 4.01. The SMILES string of the molecule is C=C/C(NC)=C(/C)N(C)/C(=C\C(=C)c1ccccc1C)NCc1cccc(N[N+](=C)c2ccccc2)c1. The summed E-state index contributed by atoms with van der Waals surface area (Å²) in [5, 5.41) is 6.84. The van der Waals surface area contributed by atoms with Crippen LogP contribution in [0.3, 0.4) is 0 Å². The molecule has 0 aromatic heterocycles. The molecule has 0 bridgehead atoms. The second kappa shape index (κ2) is 13.0. The van der Waals surface area contributed by atoms with E-state index < -0.39 is 0 Å². The molecule has 5 nitrogen and oxygen atoms in total. The second-order valence-electron chi connectivity index (χ2n) is 8.81. The Balaban J connectivity index is 1.84. The lowest BCUT2D eigenvalue weighted by Gasteiger charge is -2.27. The van der Waals surface area contributed by atoms with Crippen LogP contribution in [0.4, 0.5) is 11.4 Å². The first-order valence-corrected chi connectivity index (χ1v) is 12.3. The number of hydrogen-bond acceptors (Lipinski definition) is 4. The van der Waals surface area contributed by atoms with Crippen LogP contribution in [0, 0.1) is 6.92 Å². The van der Waals surface area contributed by atoms with Gasteiger partial charge >= 0.3 is 0 Å². The Labute approximate surface area is 221 Å². The zero-order chi connectivity index (χ0) is 26.8. The summed E-state index contributed by atoms with van der Waals surface area (Å²) >= 11 is 0. The van der Waals surface area contributed by atoms with Crippen molar-refractivity contribution in [2.75, 3.05) is 19.5 Å². The number of anilines is 1. The highest BCUT2D eigenvalue weighted by molar-refractivity contribution is 5.74. The molecular formula is C32H38N5+. The van der Waals surface area contributed by atoms with Crippen LogP contribution in [0.2, 0.25) is 0 Å². The Hall–Kier alpha value is -4.51. The number of hydrazine groups is 1. The molecule has 0 atom stereocenters. The van der Waals surface area contributed by atoms with Gasteiger partial charge in [0.05, 0.1) is 11.4 Å². The molecule has 3 N–H and O–H groups in total. The Morgan fingerprint density at radius 1 is 1.00 bits per heavy atom. The highest BCUT2D eigenvalue weighted by Gasteiger charge is 2.12. The highest BCUT2D eigenvalue weighted by Crippen LogP contribution is 2.22. The van der Waals surface area contributed by atoms with Gasteiger partial charge in [-0.05, 0) is 60.4 Å². The molecule has 3 aromatic rings. The largest absolute Gasteiger partial charge is 0.387 e. The minimum Gasteiger partial charge on any atom is -0.387 e. The molecular weight excluding hydrogens is 454 g/mol. The van der Waals surface area contributed by atoms with Crippen LogP contribution < -0.4 is 16.1 Å². The lowest BCUT2D eigenvalue weighted by molar-refractivity contribution is -0.394. The van der Waals surface area contributed by atoms with Gasteiger partial charge in [-0.1, -0.05) is 72.4 Å². The van der Waals surface area contributed by atoms with E-state index in [2.05, 4.69) is 85.0 Å². The summed E-state index contributed by atoms with van der Waals surface area (Å²) in [7, 11) is 3.94. The van der Waals surface area contributed by atoms with Gasteiger partial charge in [-0.3, -0.25) is 0 Å². The highest BCUT2D eigenvalue weighted by atomic mass is 15.4. The van der Waals surface area contributed by atoms with Gasteiger partial charge in [0.15, 0.2) is 6.72 Å². The van der Waals surface area contributed by atoms with Crippen LogP contribution in [0.25, 0.3) is 5.57 Å². The lowest BCUT2D eigenvalue weighted by atomic mass is 10.0. The van der Waals surface area contributed by atoms with Crippen LogP contribution in [0.1, 0.15) is 23.6 Å². The molecule has 0 fully saturated rings. The van der Waals surface area contributed by atoms with Gasteiger partial charge in [0.1, 0.15) is 5.82 Å². The molecule has 3 rings (SSSR count). The van der Waals surface area contributed by atoms with Crippen molar-refractivity contribution in [1.29, 1.82) is 0 Å². The van der Waals surface area contributed by atoms with E-state index >= 15 is 0 Å². The molecule has 0 radical (unpaired) electrons. The van der Waals surface area contributed by atoms with Crippen molar-refractivity contribution in [3.05, 3.63) is 138 Å². The zero-order valence-electron chi connectivity index (χ0n) is 22.4. The van der Waals surface area contributed by atoms with Gasteiger partial charge in [0.2, 0.25) is 5.69 Å². The minimum absolute atomic E-state index is 0.630. The van der Waals surface area contributed by atoms with E-state index in [1.165, 1.54) is 5.56 Å². The lowest BCUT2D eigenvalue weighted by Crippen LogP contribution is -2.29. The average Bonchev–Trinajstić information content (AvgIpc) is 2.92. The maximum absolute atomic E-state index is 4.37. The van der Waals surface area contributed by atoms with Gasteiger partial charge in [-0.15, -0.1) is 0 Å². The van der Waals surface area contributed by atoms with E-state index in [9.17, 15) is 0 Å². The molecule has 0 amide bonds. The quantitative estimate of drug-likeness (QED) is 0.116. The number of hydrazone groups is 1. The number of aryl methyl sites for hydroxylation is 1. The summed E-state index contributed by atoms with van der Waals surface area (Å²) in [4.78, 5) is 2.12. The first-order chi connectivity index (χ1) is 17.8. The maximum Gasteiger partial charge on any atom is 0.234 e. The molecule has 0 unspecified atom stereocenters. The maximum atomic E-state index is 4.37. The van der Waals surface area contributed by atoms with Crippen molar-refractivity contribution in [3.8, 4) is 0 Å². The van der Waals surface area contributed by atoms with Crippen molar-refractivity contribution in [3.63, 3.8) is 0 Å². The summed E-state index contributed by atoms with van der Waals surface area (Å²) < 4.78 is 1.76. The topological polar surface area (TPSA) is 42.3 Å². The number of allylic oxidation sites excluding steroid dienone is 4. The Morgan fingerprint density at radius 2 is 1.70 bits per heavy atom. The fraction of sp³-hybridized carbons (Fsp3) is 0.156. The van der Waals surface area contributed by atoms with Crippen molar-refractivity contribution >= 4 is 23.7 Å². The molecule has 0 saturated carbocycles. The second-order valence-corrected chi connectivity index (χ2v) is 8.81. The molecule has 37 heavy (non-hydrogen) atoms. The van der Waals surface area contributed by atoms with Gasteiger partial charge < -0.3 is 15.5 Å². The smallest absolute Gasteiger partial charge is 0.234 e. The van der Waals surface area contributed by atoms with Crippen molar-refractivity contribution < 1.29 is 4.68 Å². The molecule has 0 aliphatic rings. The molecule has 0 aliphatic heterocycles. The molecule has 190 valence electrons. The monoisotopic (exact) mass is 492 g/mol. The van der Waals surface area contributed by atoms with Crippen molar-refractivity contribution in [2.24, 2.45) is 0 Å². The fourth-order valence-corrected chi connectivity index (χ4v) is 4.01. The van der Waals surface area contributed by atoms with Crippen LogP contribution >= 0.6 is 0 Å². The van der Waals surface area contributed by atoms with Crippen LogP contribution in [0.5, 0.6) is 0 Å². The molecule has 0 saturated heterocycles. The van der Waals surface area contributed by atoms with E-state index in [1.807, 2.05) is 74.8 Å². The Bertz CT molecular complexity index is 1320. The van der Waals surface area contributed by atoms with Gasteiger partial charge in [0.25, 0.3) is 0 Å². The van der Waals surface area contributed by atoms with Crippen LogP contribution in [0.15, 0.2) is 121 Å². The first-order valence-electron chi connectivity index (χ1n) is 12.3. The van der Waals surface area contributed by atoms with Crippen molar-refractivity contribution in [2.45, 2.75) is 20.4 Å². The predicted octanol–water partition coefficient (Wildman–Crippen LogP) is 6.58. The Morgan fingerprint density at radius 3 is 2.38 bits per heavy atom. The summed E-state index contributed by atoms with van der Waals surface area (Å²) in [5.41, 5.74) is 11.7. The Kier molecular flexibility index (Phi) is 9.50. The predicted molar refractivity (Wildman–Crippen MR) is 158 cm³/mol. The van der Waals surface area contributed by atoms with Crippen molar-refractivity contribution in [1.82, 2.24) is 15.5 Å². The molecule has 0 heterocycles. The molecule has 3 aromatic carbocycles. The molecule has 0 aliphatic carbocycles.